The van der Waals surface area contributed by atoms with E-state index in [2.05, 4.69) is 5.32 Å². The highest BCUT2D eigenvalue weighted by molar-refractivity contribution is 5.72. The Labute approximate surface area is 185 Å². The molecule has 0 radical (unpaired) electrons. The van der Waals surface area contributed by atoms with Crippen LogP contribution in [0.5, 0.6) is 0 Å². The molecule has 0 spiro atoms. The zero-order chi connectivity index (χ0) is 24.8. The molecule has 0 saturated heterocycles. The number of benzene rings is 2. The van der Waals surface area contributed by atoms with E-state index < -0.39 is 41.3 Å². The van der Waals surface area contributed by atoms with Crippen LogP contribution in [-0.4, -0.2) is 30.5 Å². The third kappa shape index (κ3) is 7.13. The van der Waals surface area contributed by atoms with Crippen molar-refractivity contribution in [2.45, 2.75) is 37.3 Å². The summed E-state index contributed by atoms with van der Waals surface area (Å²) in [5.41, 5.74) is 0.170. The zero-order valence-corrected chi connectivity index (χ0v) is 17.4. The summed E-state index contributed by atoms with van der Waals surface area (Å²) in [6.07, 6.45) is -5.09. The van der Waals surface area contributed by atoms with Gasteiger partial charge >= 0.3 is 12.1 Å². The molecule has 33 heavy (non-hydrogen) atoms. The SMILES string of the molecule is CNc1ccc([C@@H]2CC(F)(F)CCC2C(=O)O)cc1.O=CNc1ccc(C(F)(F)F)cc1F. The second-order valence-corrected chi connectivity index (χ2v) is 7.48. The summed E-state index contributed by atoms with van der Waals surface area (Å²) in [5.74, 6) is -6.21. The highest BCUT2D eigenvalue weighted by atomic mass is 19.4. The van der Waals surface area contributed by atoms with Crippen LogP contribution < -0.4 is 10.6 Å². The molecule has 1 aliphatic rings. The Balaban J connectivity index is 0.000000245. The Morgan fingerprint density at radius 1 is 1.15 bits per heavy atom. The lowest BCUT2D eigenvalue weighted by Gasteiger charge is -2.34. The molecule has 0 aromatic heterocycles. The highest BCUT2D eigenvalue weighted by Gasteiger charge is 2.44. The van der Waals surface area contributed by atoms with Gasteiger partial charge in [-0.05, 0) is 42.3 Å². The Bertz CT molecular complexity index is 964. The van der Waals surface area contributed by atoms with Gasteiger partial charge in [-0.2, -0.15) is 13.2 Å². The van der Waals surface area contributed by atoms with Gasteiger partial charge in [0.2, 0.25) is 12.3 Å². The molecular weight excluding hydrogens is 454 g/mol. The zero-order valence-electron chi connectivity index (χ0n) is 17.4. The molecule has 1 saturated carbocycles. The van der Waals surface area contributed by atoms with Gasteiger partial charge in [0.1, 0.15) is 5.82 Å². The summed E-state index contributed by atoms with van der Waals surface area (Å²) in [6.45, 7) is 0. The van der Waals surface area contributed by atoms with E-state index in [4.69, 9.17) is 0 Å². The summed E-state index contributed by atoms with van der Waals surface area (Å²) < 4.78 is 76.0. The van der Waals surface area contributed by atoms with Crippen LogP contribution in [0.4, 0.5) is 37.7 Å². The number of halogens is 6. The number of carbonyl (C=O) groups is 2. The first-order valence-corrected chi connectivity index (χ1v) is 9.83. The fourth-order valence-electron chi connectivity index (χ4n) is 3.55. The van der Waals surface area contributed by atoms with E-state index in [1.165, 1.54) is 0 Å². The second-order valence-electron chi connectivity index (χ2n) is 7.48. The Morgan fingerprint density at radius 3 is 2.27 bits per heavy atom. The molecule has 2 atom stereocenters. The van der Waals surface area contributed by atoms with E-state index in [0.717, 1.165) is 11.8 Å². The molecule has 2 aromatic rings. The first kappa shape index (κ1) is 26.0. The quantitative estimate of drug-likeness (QED) is 0.380. The molecule has 1 fully saturated rings. The van der Waals surface area contributed by atoms with Crippen molar-refractivity contribution in [1.82, 2.24) is 0 Å². The summed E-state index contributed by atoms with van der Waals surface area (Å²) >= 11 is 0. The first-order valence-electron chi connectivity index (χ1n) is 9.83. The van der Waals surface area contributed by atoms with Crippen LogP contribution in [0.3, 0.4) is 0 Å². The summed E-state index contributed by atoms with van der Waals surface area (Å²) in [6, 6.07) is 8.89. The Kier molecular flexibility index (Phi) is 8.34. The number of hydrogen-bond acceptors (Lipinski definition) is 3. The van der Waals surface area contributed by atoms with E-state index >= 15 is 0 Å². The first-order chi connectivity index (χ1) is 15.4. The molecule has 0 aliphatic heterocycles. The molecule has 5 nitrogen and oxygen atoms in total. The van der Waals surface area contributed by atoms with Crippen molar-refractivity contribution in [3.05, 3.63) is 59.4 Å². The molecule has 180 valence electrons. The van der Waals surface area contributed by atoms with Crippen LogP contribution in [0.1, 0.15) is 36.3 Å². The van der Waals surface area contributed by atoms with E-state index in [1.807, 2.05) is 5.32 Å². The molecule has 1 aliphatic carbocycles. The highest BCUT2D eigenvalue weighted by Crippen LogP contribution is 2.45. The monoisotopic (exact) mass is 476 g/mol. The lowest BCUT2D eigenvalue weighted by atomic mass is 9.74. The maximum absolute atomic E-state index is 13.5. The van der Waals surface area contributed by atoms with Gasteiger partial charge in [-0.3, -0.25) is 9.59 Å². The second kappa shape index (κ2) is 10.6. The number of carboxylic acid groups (broad SMARTS) is 1. The molecule has 11 heteroatoms. The van der Waals surface area contributed by atoms with Crippen LogP contribution in [0.2, 0.25) is 0 Å². The van der Waals surface area contributed by atoms with Gasteiger partial charge in [0, 0.05) is 31.5 Å². The average molecular weight is 476 g/mol. The van der Waals surface area contributed by atoms with Gasteiger partial charge in [-0.25, -0.2) is 13.2 Å². The van der Waals surface area contributed by atoms with Crippen LogP contribution in [0, 0.1) is 11.7 Å². The van der Waals surface area contributed by atoms with E-state index in [9.17, 15) is 41.0 Å². The number of rotatable bonds is 5. The average Bonchev–Trinajstić information content (AvgIpc) is 2.74. The van der Waals surface area contributed by atoms with Crippen LogP contribution in [0.25, 0.3) is 0 Å². The number of alkyl halides is 5. The molecule has 0 bridgehead atoms. The molecule has 1 amide bonds. The van der Waals surface area contributed by atoms with Gasteiger partial charge in [-0.15, -0.1) is 0 Å². The normalized spacial score (nSPS) is 19.6. The molecule has 1 unspecified atom stereocenters. The minimum absolute atomic E-state index is 0.0286. The minimum atomic E-state index is -4.58. The number of anilines is 2. The topological polar surface area (TPSA) is 78.4 Å². The number of aliphatic carboxylic acids is 1. The third-order valence-electron chi connectivity index (χ3n) is 5.28. The van der Waals surface area contributed by atoms with Crippen molar-refractivity contribution in [2.75, 3.05) is 17.7 Å². The molecule has 0 heterocycles. The van der Waals surface area contributed by atoms with Gasteiger partial charge in [-0.1, -0.05) is 12.1 Å². The number of nitrogens with one attached hydrogen (secondary N) is 2. The van der Waals surface area contributed by atoms with Crippen molar-refractivity contribution in [1.29, 1.82) is 0 Å². The van der Waals surface area contributed by atoms with Gasteiger partial charge in [0.25, 0.3) is 0 Å². The molecule has 3 N–H and O–H groups in total. The van der Waals surface area contributed by atoms with Crippen molar-refractivity contribution in [2.24, 2.45) is 5.92 Å². The van der Waals surface area contributed by atoms with Crippen LogP contribution in [-0.2, 0) is 15.8 Å². The maximum atomic E-state index is 13.5. The van der Waals surface area contributed by atoms with Gasteiger partial charge < -0.3 is 15.7 Å². The lowest BCUT2D eigenvalue weighted by molar-refractivity contribution is -0.147. The van der Waals surface area contributed by atoms with Crippen molar-refractivity contribution < 1.29 is 41.0 Å². The van der Waals surface area contributed by atoms with Crippen molar-refractivity contribution in [3.63, 3.8) is 0 Å². The van der Waals surface area contributed by atoms with Crippen LogP contribution in [0.15, 0.2) is 42.5 Å². The predicted octanol–water partition coefficient (Wildman–Crippen LogP) is 5.74. The van der Waals surface area contributed by atoms with Gasteiger partial charge in [0.05, 0.1) is 17.2 Å². The number of amides is 1. The van der Waals surface area contributed by atoms with E-state index in [-0.39, 0.29) is 31.4 Å². The fraction of sp³-hybridized carbons (Fsp3) is 0.364. The summed E-state index contributed by atoms with van der Waals surface area (Å²) in [7, 11) is 1.77. The lowest BCUT2D eigenvalue weighted by Crippen LogP contribution is -2.35. The number of carboxylic acids is 1. The number of carbonyl (C=O) groups excluding carboxylic acids is 1. The number of hydrogen-bond donors (Lipinski definition) is 3. The Morgan fingerprint density at radius 2 is 1.79 bits per heavy atom. The van der Waals surface area contributed by atoms with Crippen molar-refractivity contribution in [3.8, 4) is 0 Å². The Hall–Kier alpha value is -3.24. The minimum Gasteiger partial charge on any atom is -0.481 e. The third-order valence-corrected chi connectivity index (χ3v) is 5.28. The maximum Gasteiger partial charge on any atom is 0.416 e. The molecule has 2 aromatic carbocycles. The van der Waals surface area contributed by atoms with E-state index in [0.29, 0.717) is 17.7 Å². The largest absolute Gasteiger partial charge is 0.481 e. The smallest absolute Gasteiger partial charge is 0.416 e. The van der Waals surface area contributed by atoms with Crippen LogP contribution >= 0.6 is 0 Å². The molecule has 3 rings (SSSR count). The summed E-state index contributed by atoms with van der Waals surface area (Å²) in [5, 5.41) is 14.1. The van der Waals surface area contributed by atoms with Crippen molar-refractivity contribution >= 4 is 23.8 Å². The fourth-order valence-corrected chi connectivity index (χ4v) is 3.55. The standard InChI is InChI=1S/C14H17F2NO2.C8H5F4NO/c1-17-10-4-2-9(3-5-10)12-8-14(15,16)7-6-11(12)13(18)19;9-6-3-5(8(10,11)12)1-2-7(6)13-4-14/h2-5,11-12,17H,6-8H2,1H3,(H,18,19);1-4H,(H,13,14)/t11?,12-;/m0./s1. The summed E-state index contributed by atoms with van der Waals surface area (Å²) in [4.78, 5) is 21.1. The predicted molar refractivity (Wildman–Crippen MR) is 110 cm³/mol. The van der Waals surface area contributed by atoms with E-state index in [1.54, 1.807) is 31.3 Å². The van der Waals surface area contributed by atoms with Gasteiger partial charge in [0.15, 0.2) is 0 Å². The molecular formula is C22H22F6N2O3.